The molecule has 0 fully saturated rings. The van der Waals surface area contributed by atoms with Crippen molar-refractivity contribution in [3.05, 3.63) is 118 Å². The van der Waals surface area contributed by atoms with E-state index in [0.717, 1.165) is 6.07 Å². The highest BCUT2D eigenvalue weighted by Crippen LogP contribution is 2.47. The average Bonchev–Trinajstić information content (AvgIpc) is 3.17. The van der Waals surface area contributed by atoms with Crippen LogP contribution in [0.4, 0.5) is 11.4 Å². The summed E-state index contributed by atoms with van der Waals surface area (Å²) in [5.41, 5.74) is -2.89. The summed E-state index contributed by atoms with van der Waals surface area (Å²) in [5.74, 6) is -7.33. The van der Waals surface area contributed by atoms with Crippen LogP contribution in [0.5, 0.6) is 11.5 Å². The molecule has 0 atom stereocenters. The summed E-state index contributed by atoms with van der Waals surface area (Å²) < 4.78 is 11.0. The zero-order valence-corrected chi connectivity index (χ0v) is 29.6. The summed E-state index contributed by atoms with van der Waals surface area (Å²) >= 11 is 0. The van der Waals surface area contributed by atoms with Crippen LogP contribution in [0.2, 0.25) is 0 Å². The normalized spacial score (nSPS) is 11.2. The van der Waals surface area contributed by atoms with E-state index in [-0.39, 0.29) is 43.4 Å². The standard InChI is InChI=1S/C42H30N2O12/c1-3-55-21-9-5-19(6-10-21)43-37(45)26-16-13-23-24-14-18-28(39(47)48)33-31(24)32(34(40(49)50)36(42(53)54)35(33)41(51)52)25-15-17-27(30(26)29(23)25)38(46)44-20-7-11-22(12-8-20)56-4-2/h5-18H,3-4H2,1-2H3,(H,43,45)(H,44,46)(H,47,48)(H,49,50)(H,51,52)(H,53,54). The lowest BCUT2D eigenvalue weighted by Crippen LogP contribution is -2.19. The van der Waals surface area contributed by atoms with Gasteiger partial charge in [-0.05, 0) is 102 Å². The topological polar surface area (TPSA) is 226 Å². The maximum Gasteiger partial charge on any atom is 0.337 e. The third kappa shape index (κ3) is 6.04. The molecule has 0 aromatic heterocycles. The van der Waals surface area contributed by atoms with Crippen LogP contribution in [0.3, 0.4) is 0 Å². The number of hydrogen-bond acceptors (Lipinski definition) is 8. The van der Waals surface area contributed by atoms with Crippen molar-refractivity contribution < 1.29 is 58.7 Å². The minimum absolute atomic E-state index is 0.0179. The van der Waals surface area contributed by atoms with E-state index in [2.05, 4.69) is 10.6 Å². The summed E-state index contributed by atoms with van der Waals surface area (Å²) in [7, 11) is 0. The van der Waals surface area contributed by atoms with Crippen LogP contribution < -0.4 is 20.1 Å². The van der Waals surface area contributed by atoms with E-state index >= 15 is 0 Å². The number of benzene rings is 7. The minimum Gasteiger partial charge on any atom is -0.494 e. The zero-order valence-electron chi connectivity index (χ0n) is 29.6. The fourth-order valence-corrected chi connectivity index (χ4v) is 7.24. The van der Waals surface area contributed by atoms with Crippen molar-refractivity contribution in [1.82, 2.24) is 0 Å². The fraction of sp³-hybridized carbons (Fsp3) is 0.0952. The Balaban J connectivity index is 1.59. The molecule has 0 aliphatic heterocycles. The van der Waals surface area contributed by atoms with Gasteiger partial charge in [-0.2, -0.15) is 0 Å². The summed E-state index contributed by atoms with van der Waals surface area (Å²) in [6.07, 6.45) is 0. The highest BCUT2D eigenvalue weighted by atomic mass is 16.5. The molecule has 0 heterocycles. The van der Waals surface area contributed by atoms with Crippen LogP contribution in [0.1, 0.15) is 76.0 Å². The number of aromatic carboxylic acids is 4. The van der Waals surface area contributed by atoms with Crippen molar-refractivity contribution in [2.75, 3.05) is 23.8 Å². The molecule has 56 heavy (non-hydrogen) atoms. The number of carboxylic acids is 4. The van der Waals surface area contributed by atoms with Gasteiger partial charge in [0.2, 0.25) is 0 Å². The molecule has 280 valence electrons. The number of hydrogen-bond donors (Lipinski definition) is 6. The summed E-state index contributed by atoms with van der Waals surface area (Å²) in [6.45, 7) is 4.51. The number of ether oxygens (including phenoxy) is 2. The van der Waals surface area contributed by atoms with Gasteiger partial charge in [-0.15, -0.1) is 0 Å². The molecular weight excluding hydrogens is 724 g/mol. The lowest BCUT2D eigenvalue weighted by atomic mass is 9.80. The Bertz CT molecular complexity index is 2740. The van der Waals surface area contributed by atoms with Crippen LogP contribution in [0.25, 0.3) is 43.1 Å². The Morgan fingerprint density at radius 1 is 0.429 bits per heavy atom. The quantitative estimate of drug-likeness (QED) is 0.0518. The van der Waals surface area contributed by atoms with Gasteiger partial charge in [0, 0.05) is 44.0 Å². The smallest absolute Gasteiger partial charge is 0.337 e. The molecule has 6 N–H and O–H groups in total. The Hall–Kier alpha value is -7.74. The van der Waals surface area contributed by atoms with Gasteiger partial charge in [0.1, 0.15) is 11.5 Å². The van der Waals surface area contributed by atoms with Crippen LogP contribution in [0, 0.1) is 0 Å². The van der Waals surface area contributed by atoms with Crippen LogP contribution in [-0.4, -0.2) is 69.3 Å². The van der Waals surface area contributed by atoms with Gasteiger partial charge < -0.3 is 40.5 Å². The minimum atomic E-state index is -1.92. The first kappa shape index (κ1) is 36.6. The molecule has 0 bridgehead atoms. The Morgan fingerprint density at radius 3 is 1.27 bits per heavy atom. The highest BCUT2D eigenvalue weighted by molar-refractivity contribution is 6.42. The van der Waals surface area contributed by atoms with E-state index in [1.807, 2.05) is 13.8 Å². The number of anilines is 2. The van der Waals surface area contributed by atoms with Crippen LogP contribution in [0.15, 0.2) is 84.9 Å². The van der Waals surface area contributed by atoms with Crippen LogP contribution in [-0.2, 0) is 0 Å². The number of carbonyl (C=O) groups excluding carboxylic acids is 2. The van der Waals surface area contributed by atoms with E-state index in [4.69, 9.17) is 9.47 Å². The maximum absolute atomic E-state index is 14.2. The fourth-order valence-electron chi connectivity index (χ4n) is 7.24. The van der Waals surface area contributed by atoms with Crippen molar-refractivity contribution in [3.63, 3.8) is 0 Å². The molecule has 0 aliphatic carbocycles. The second-order valence-corrected chi connectivity index (χ2v) is 12.5. The maximum atomic E-state index is 14.2. The molecule has 0 spiro atoms. The second kappa shape index (κ2) is 14.2. The van der Waals surface area contributed by atoms with E-state index in [9.17, 15) is 49.2 Å². The van der Waals surface area contributed by atoms with Gasteiger partial charge in [0.05, 0.1) is 35.5 Å². The number of nitrogens with one attached hydrogen (secondary N) is 2. The number of carbonyl (C=O) groups is 6. The third-order valence-electron chi connectivity index (χ3n) is 9.38. The summed E-state index contributed by atoms with van der Waals surface area (Å²) in [5, 5.41) is 46.9. The van der Waals surface area contributed by atoms with Gasteiger partial charge in [-0.25, -0.2) is 19.2 Å². The number of rotatable bonds is 12. The van der Waals surface area contributed by atoms with Gasteiger partial charge in [0.15, 0.2) is 0 Å². The number of fused-ring (bicyclic) bond motifs is 2. The number of carboxylic acid groups (broad SMARTS) is 4. The molecule has 0 aliphatic rings. The first-order valence-electron chi connectivity index (χ1n) is 17.1. The molecule has 7 aromatic rings. The highest BCUT2D eigenvalue weighted by Gasteiger charge is 2.34. The Labute approximate surface area is 315 Å². The lowest BCUT2D eigenvalue weighted by molar-refractivity contribution is 0.0635. The molecule has 14 heteroatoms. The number of amides is 2. The van der Waals surface area contributed by atoms with E-state index in [1.165, 1.54) is 30.3 Å². The van der Waals surface area contributed by atoms with Crippen molar-refractivity contribution in [1.29, 1.82) is 0 Å². The molecule has 7 aromatic carbocycles. The Kier molecular flexibility index (Phi) is 9.31. The van der Waals surface area contributed by atoms with Crippen molar-refractivity contribution in [2.45, 2.75) is 13.8 Å². The van der Waals surface area contributed by atoms with Gasteiger partial charge in [-0.3, -0.25) is 9.59 Å². The molecule has 0 saturated heterocycles. The SMILES string of the molecule is CCOc1ccc(NC(=O)c2ccc3c4ccc(C(=O)O)c5c(C(=O)O)c(C(=O)O)c(C(=O)O)c(c6ccc(C(=O)Nc7ccc(OCC)cc7)c2c36)c54)cc1. The predicted molar refractivity (Wildman–Crippen MR) is 207 cm³/mol. The summed E-state index contributed by atoms with van der Waals surface area (Å²) in [4.78, 5) is 79.6. The van der Waals surface area contributed by atoms with Crippen molar-refractivity contribution >= 4 is 90.2 Å². The van der Waals surface area contributed by atoms with Gasteiger partial charge in [-0.1, -0.05) is 18.2 Å². The van der Waals surface area contributed by atoms with E-state index < -0.39 is 63.3 Å². The van der Waals surface area contributed by atoms with Crippen molar-refractivity contribution in [3.8, 4) is 11.5 Å². The average molecular weight is 755 g/mol. The van der Waals surface area contributed by atoms with E-state index in [1.54, 1.807) is 48.5 Å². The van der Waals surface area contributed by atoms with Crippen molar-refractivity contribution in [2.24, 2.45) is 0 Å². The first-order valence-corrected chi connectivity index (χ1v) is 17.1. The summed E-state index contributed by atoms with van der Waals surface area (Å²) in [6, 6.07) is 21.3. The van der Waals surface area contributed by atoms with Gasteiger partial charge in [0.25, 0.3) is 11.8 Å². The predicted octanol–water partition coefficient (Wildman–Crippen LogP) is 7.83. The molecule has 0 radical (unpaired) electrons. The molecule has 2 amide bonds. The molecule has 7 rings (SSSR count). The first-order chi connectivity index (χ1) is 26.9. The van der Waals surface area contributed by atoms with E-state index in [0.29, 0.717) is 41.5 Å². The van der Waals surface area contributed by atoms with Crippen LogP contribution >= 0.6 is 0 Å². The second-order valence-electron chi connectivity index (χ2n) is 12.5. The molecule has 0 saturated carbocycles. The Morgan fingerprint density at radius 2 is 0.839 bits per heavy atom. The monoisotopic (exact) mass is 754 g/mol. The molecular formula is C42H30N2O12. The van der Waals surface area contributed by atoms with Gasteiger partial charge >= 0.3 is 23.9 Å². The third-order valence-corrected chi connectivity index (χ3v) is 9.38. The zero-order chi connectivity index (χ0) is 40.0. The molecule has 14 nitrogen and oxygen atoms in total. The molecule has 0 unspecified atom stereocenters. The largest absolute Gasteiger partial charge is 0.494 e. The lowest BCUT2D eigenvalue weighted by Gasteiger charge is -2.22.